The molecular formula is C18H17ClN2O5. The molecule has 7 nitrogen and oxygen atoms in total. The number of nitrogens with zero attached hydrogens (tertiary/aromatic N) is 2. The molecule has 2 aromatic carbocycles. The minimum absolute atomic E-state index is 0.159. The first-order valence-corrected chi connectivity index (χ1v) is 8.06. The van der Waals surface area contributed by atoms with Gasteiger partial charge in [-0.2, -0.15) is 0 Å². The molecule has 0 radical (unpaired) electrons. The lowest BCUT2D eigenvalue weighted by Gasteiger charge is -2.09. The molecule has 0 saturated carbocycles. The van der Waals surface area contributed by atoms with Gasteiger partial charge in [0.1, 0.15) is 0 Å². The highest BCUT2D eigenvalue weighted by Crippen LogP contribution is 2.28. The molecule has 2 aromatic rings. The standard InChI is InChI=1S/C18H17ClN2O5/c1-11(2)26-18(22)14-9-13(5-6-15(14)19)20-10-12-4-7-17(25-3)16(8-12)21(23)24/h4-11H,1-3H3. The Hall–Kier alpha value is -2.93. The molecule has 0 atom stereocenters. The molecule has 8 heteroatoms. The summed E-state index contributed by atoms with van der Waals surface area (Å²) < 4.78 is 10.1. The highest BCUT2D eigenvalue weighted by Gasteiger charge is 2.15. The summed E-state index contributed by atoms with van der Waals surface area (Å²) in [6.07, 6.45) is 1.18. The van der Waals surface area contributed by atoms with Crippen molar-refractivity contribution in [1.29, 1.82) is 0 Å². The molecule has 0 spiro atoms. The van der Waals surface area contributed by atoms with E-state index >= 15 is 0 Å². The third-order valence-corrected chi connectivity index (χ3v) is 3.60. The molecular weight excluding hydrogens is 360 g/mol. The van der Waals surface area contributed by atoms with E-state index in [0.717, 1.165) is 0 Å². The predicted molar refractivity (Wildman–Crippen MR) is 98.9 cm³/mol. The van der Waals surface area contributed by atoms with Crippen LogP contribution < -0.4 is 4.74 Å². The molecule has 0 aliphatic rings. The van der Waals surface area contributed by atoms with Crippen molar-refractivity contribution in [2.24, 2.45) is 4.99 Å². The zero-order valence-electron chi connectivity index (χ0n) is 14.4. The van der Waals surface area contributed by atoms with Crippen LogP contribution >= 0.6 is 11.6 Å². The normalized spacial score (nSPS) is 11.0. The number of benzene rings is 2. The largest absolute Gasteiger partial charge is 0.490 e. The fourth-order valence-corrected chi connectivity index (χ4v) is 2.30. The van der Waals surface area contributed by atoms with E-state index in [1.165, 1.54) is 31.5 Å². The maximum Gasteiger partial charge on any atom is 0.339 e. The Bertz CT molecular complexity index is 865. The summed E-state index contributed by atoms with van der Waals surface area (Å²) in [6.45, 7) is 3.48. The zero-order chi connectivity index (χ0) is 19.3. The van der Waals surface area contributed by atoms with Gasteiger partial charge in [0.15, 0.2) is 5.75 Å². The number of carbonyl (C=O) groups is 1. The van der Waals surface area contributed by atoms with Crippen LogP contribution in [0.3, 0.4) is 0 Å². The Kier molecular flexibility index (Phi) is 6.30. The molecule has 0 heterocycles. The van der Waals surface area contributed by atoms with E-state index in [-0.39, 0.29) is 28.1 Å². The van der Waals surface area contributed by atoms with Crippen molar-refractivity contribution in [2.75, 3.05) is 7.11 Å². The van der Waals surface area contributed by atoms with E-state index in [9.17, 15) is 14.9 Å². The smallest absolute Gasteiger partial charge is 0.339 e. The van der Waals surface area contributed by atoms with E-state index in [4.69, 9.17) is 21.1 Å². The number of carbonyl (C=O) groups excluding carboxylic acids is 1. The van der Waals surface area contributed by atoms with Gasteiger partial charge in [-0.05, 0) is 49.7 Å². The molecule has 0 aliphatic heterocycles. The Morgan fingerprint density at radius 1 is 1.27 bits per heavy atom. The molecule has 2 rings (SSSR count). The summed E-state index contributed by atoms with van der Waals surface area (Å²) >= 11 is 6.04. The van der Waals surface area contributed by atoms with Crippen molar-refractivity contribution in [3.05, 3.63) is 62.7 Å². The second-order valence-corrected chi connectivity index (χ2v) is 5.97. The third-order valence-electron chi connectivity index (χ3n) is 3.27. The fourth-order valence-electron chi connectivity index (χ4n) is 2.11. The predicted octanol–water partition coefficient (Wildman–Crippen LogP) is 4.57. The lowest BCUT2D eigenvalue weighted by molar-refractivity contribution is -0.385. The Labute approximate surface area is 155 Å². The number of halogens is 1. The van der Waals surface area contributed by atoms with Crippen LogP contribution in [0, 0.1) is 10.1 Å². The van der Waals surface area contributed by atoms with E-state index in [2.05, 4.69) is 4.99 Å². The van der Waals surface area contributed by atoms with Crippen LogP contribution in [0.2, 0.25) is 5.02 Å². The van der Waals surface area contributed by atoms with Crippen molar-refractivity contribution < 1.29 is 19.2 Å². The van der Waals surface area contributed by atoms with Gasteiger partial charge in [0.05, 0.1) is 34.4 Å². The Morgan fingerprint density at radius 3 is 2.62 bits per heavy atom. The van der Waals surface area contributed by atoms with Crippen molar-refractivity contribution in [2.45, 2.75) is 20.0 Å². The summed E-state index contributed by atoms with van der Waals surface area (Å²) in [5.74, 6) is -0.375. The van der Waals surface area contributed by atoms with Gasteiger partial charge in [-0.25, -0.2) is 4.79 Å². The average molecular weight is 377 g/mol. The van der Waals surface area contributed by atoms with E-state index in [0.29, 0.717) is 11.3 Å². The maximum absolute atomic E-state index is 12.0. The Morgan fingerprint density at radius 2 is 2.00 bits per heavy atom. The summed E-state index contributed by atoms with van der Waals surface area (Å²) in [5, 5.41) is 11.3. The van der Waals surface area contributed by atoms with Gasteiger partial charge < -0.3 is 9.47 Å². The highest BCUT2D eigenvalue weighted by atomic mass is 35.5. The van der Waals surface area contributed by atoms with Gasteiger partial charge in [0.25, 0.3) is 0 Å². The fraction of sp³-hybridized carbons (Fsp3) is 0.222. The number of ether oxygens (including phenoxy) is 2. The first-order valence-electron chi connectivity index (χ1n) is 7.69. The van der Waals surface area contributed by atoms with Crippen molar-refractivity contribution >= 4 is 35.2 Å². The maximum atomic E-state index is 12.0. The second-order valence-electron chi connectivity index (χ2n) is 5.56. The molecule has 26 heavy (non-hydrogen) atoms. The van der Waals surface area contributed by atoms with Gasteiger partial charge in [0, 0.05) is 12.3 Å². The van der Waals surface area contributed by atoms with E-state index in [1.807, 2.05) is 0 Å². The van der Waals surface area contributed by atoms with Crippen molar-refractivity contribution in [3.63, 3.8) is 0 Å². The van der Waals surface area contributed by atoms with Crippen LogP contribution in [0.5, 0.6) is 5.75 Å². The van der Waals surface area contributed by atoms with E-state index < -0.39 is 10.9 Å². The SMILES string of the molecule is COc1ccc(C=Nc2ccc(Cl)c(C(=O)OC(C)C)c2)cc1[N+](=O)[O-]. The monoisotopic (exact) mass is 376 g/mol. The van der Waals surface area contributed by atoms with Crippen molar-refractivity contribution in [1.82, 2.24) is 0 Å². The van der Waals surface area contributed by atoms with Crippen LogP contribution in [-0.2, 0) is 4.74 Å². The quantitative estimate of drug-likeness (QED) is 0.318. The summed E-state index contributed by atoms with van der Waals surface area (Å²) in [6, 6.07) is 9.16. The molecule has 0 bridgehead atoms. The van der Waals surface area contributed by atoms with Crippen LogP contribution in [0.1, 0.15) is 29.8 Å². The molecule has 0 amide bonds. The lowest BCUT2D eigenvalue weighted by atomic mass is 10.2. The van der Waals surface area contributed by atoms with Gasteiger partial charge in [-0.1, -0.05) is 11.6 Å². The van der Waals surface area contributed by atoms with Gasteiger partial charge in [-0.3, -0.25) is 15.1 Å². The summed E-state index contributed by atoms with van der Waals surface area (Å²) in [5.41, 5.74) is 1.02. The van der Waals surface area contributed by atoms with Gasteiger partial charge in [0.2, 0.25) is 0 Å². The first-order chi connectivity index (χ1) is 12.3. The topological polar surface area (TPSA) is 91.0 Å². The van der Waals surface area contributed by atoms with E-state index in [1.54, 1.807) is 32.0 Å². The number of hydrogen-bond acceptors (Lipinski definition) is 6. The molecule has 0 saturated heterocycles. The number of esters is 1. The molecule has 0 unspecified atom stereocenters. The molecule has 136 valence electrons. The average Bonchev–Trinajstić information content (AvgIpc) is 2.60. The van der Waals surface area contributed by atoms with Crippen LogP contribution in [0.25, 0.3) is 0 Å². The van der Waals surface area contributed by atoms with Gasteiger partial charge >= 0.3 is 11.7 Å². The highest BCUT2D eigenvalue weighted by molar-refractivity contribution is 6.33. The zero-order valence-corrected chi connectivity index (χ0v) is 15.2. The number of hydrogen-bond donors (Lipinski definition) is 0. The minimum atomic E-state index is -0.540. The van der Waals surface area contributed by atoms with Crippen LogP contribution in [0.15, 0.2) is 41.4 Å². The molecule has 0 aliphatic carbocycles. The van der Waals surface area contributed by atoms with Gasteiger partial charge in [-0.15, -0.1) is 0 Å². The summed E-state index contributed by atoms with van der Waals surface area (Å²) in [4.78, 5) is 26.8. The lowest BCUT2D eigenvalue weighted by Crippen LogP contribution is -2.11. The molecule has 0 N–H and O–H groups in total. The first kappa shape index (κ1) is 19.4. The number of nitro groups is 1. The number of aliphatic imine (C=N–C) groups is 1. The minimum Gasteiger partial charge on any atom is -0.490 e. The Balaban J connectivity index is 2.29. The second kappa shape index (κ2) is 8.44. The molecule has 0 fully saturated rings. The molecule has 0 aromatic heterocycles. The number of methoxy groups -OCH3 is 1. The van der Waals surface area contributed by atoms with Crippen LogP contribution in [-0.4, -0.2) is 30.3 Å². The van der Waals surface area contributed by atoms with Crippen LogP contribution in [0.4, 0.5) is 11.4 Å². The summed E-state index contributed by atoms with van der Waals surface area (Å²) in [7, 11) is 1.36. The van der Waals surface area contributed by atoms with Crippen molar-refractivity contribution in [3.8, 4) is 5.75 Å². The number of nitro benzene ring substituents is 1. The number of rotatable bonds is 6. The third kappa shape index (κ3) is 4.80.